The van der Waals surface area contributed by atoms with Gasteiger partial charge in [0.2, 0.25) is 0 Å². The highest BCUT2D eigenvalue weighted by molar-refractivity contribution is 5.96. The maximum absolute atomic E-state index is 15.7. The van der Waals surface area contributed by atoms with Crippen LogP contribution in [0.4, 0.5) is 14.5 Å². The van der Waals surface area contributed by atoms with Crippen LogP contribution in [0.1, 0.15) is 53.5 Å². The van der Waals surface area contributed by atoms with Gasteiger partial charge in [0.25, 0.3) is 5.56 Å². The maximum atomic E-state index is 15.7. The second kappa shape index (κ2) is 12.8. The molecule has 1 aliphatic heterocycles. The summed E-state index contributed by atoms with van der Waals surface area (Å²) in [6.45, 7) is 16.2. The van der Waals surface area contributed by atoms with E-state index in [1.807, 2.05) is 0 Å². The zero-order valence-corrected chi connectivity index (χ0v) is 27.0. The molecule has 5 atom stereocenters. The lowest BCUT2D eigenvalue weighted by atomic mass is 9.58. The van der Waals surface area contributed by atoms with Crippen LogP contribution in [-0.4, -0.2) is 59.2 Å². The van der Waals surface area contributed by atoms with E-state index >= 15 is 4.39 Å². The Hall–Kier alpha value is -3.53. The van der Waals surface area contributed by atoms with E-state index in [1.165, 1.54) is 30.1 Å². The van der Waals surface area contributed by atoms with Gasteiger partial charge in [-0.3, -0.25) is 9.36 Å². The molecule has 1 aliphatic carbocycles. The number of aliphatic imine (C=N–C) groups is 1. The van der Waals surface area contributed by atoms with Crippen molar-refractivity contribution in [3.8, 4) is 5.75 Å². The SMILES string of the molecule is COc1ccc(CCn2cnc3cc(NC(=N[C@H]4C[C@@H](C)C(C)(C)[C@@H](C)[C@@H]4C)N4CCN[C@@H](C)C4)c(F)cc3c2=O)c(F)c1. The molecule has 44 heavy (non-hydrogen) atoms. The highest BCUT2D eigenvalue weighted by Crippen LogP contribution is 2.48. The number of halogens is 2. The van der Waals surface area contributed by atoms with Gasteiger partial charge < -0.3 is 20.3 Å². The number of aryl methyl sites for hydroxylation is 2. The number of aromatic nitrogens is 2. The van der Waals surface area contributed by atoms with Crippen molar-refractivity contribution < 1.29 is 13.5 Å². The standard InChI is InChI=1S/C34H46F2N6O2/c1-20-14-29(22(3)23(4)34(20,5)6)39-33(41-13-11-37-21(2)18-41)40-31-17-30-26(16-28(31)36)32(43)42(19-38-30)12-10-24-8-9-25(44-7)15-27(24)35/h8-9,15-17,19-23,29,37H,10-14,18H2,1-7H3,(H,39,40)/t20-,21+,22+,23+,29+/m1/s1. The Morgan fingerprint density at radius 1 is 1.16 bits per heavy atom. The molecule has 2 fully saturated rings. The van der Waals surface area contributed by atoms with Gasteiger partial charge in [0.15, 0.2) is 5.96 Å². The van der Waals surface area contributed by atoms with Crippen molar-refractivity contribution in [2.24, 2.45) is 28.2 Å². The number of rotatable bonds is 6. The van der Waals surface area contributed by atoms with Crippen molar-refractivity contribution in [1.82, 2.24) is 19.8 Å². The third kappa shape index (κ3) is 6.46. The summed E-state index contributed by atoms with van der Waals surface area (Å²) in [5.74, 6) is 1.47. The molecule has 3 aromatic rings. The van der Waals surface area contributed by atoms with Crippen LogP contribution >= 0.6 is 0 Å². The second-order valence-corrected chi connectivity index (χ2v) is 13.4. The number of nitrogens with one attached hydrogen (secondary N) is 2. The van der Waals surface area contributed by atoms with Crippen LogP contribution in [0.5, 0.6) is 5.75 Å². The highest BCUT2D eigenvalue weighted by Gasteiger charge is 2.44. The summed E-state index contributed by atoms with van der Waals surface area (Å²) in [6.07, 6.45) is 2.68. The quantitative estimate of drug-likeness (QED) is 0.276. The minimum Gasteiger partial charge on any atom is -0.497 e. The number of fused-ring (bicyclic) bond motifs is 1. The zero-order valence-electron chi connectivity index (χ0n) is 27.0. The summed E-state index contributed by atoms with van der Waals surface area (Å²) in [5.41, 5.74) is 0.915. The van der Waals surface area contributed by atoms with Crippen LogP contribution in [0.15, 0.2) is 46.4 Å². The molecule has 5 rings (SSSR count). The molecule has 10 heteroatoms. The van der Waals surface area contributed by atoms with Crippen molar-refractivity contribution in [3.63, 3.8) is 0 Å². The summed E-state index contributed by atoms with van der Waals surface area (Å²) in [7, 11) is 1.48. The van der Waals surface area contributed by atoms with Gasteiger partial charge in [0.1, 0.15) is 17.4 Å². The molecular weight excluding hydrogens is 562 g/mol. The van der Waals surface area contributed by atoms with Gasteiger partial charge in [-0.15, -0.1) is 0 Å². The van der Waals surface area contributed by atoms with Crippen molar-refractivity contribution in [1.29, 1.82) is 0 Å². The van der Waals surface area contributed by atoms with E-state index in [9.17, 15) is 9.18 Å². The number of hydrogen-bond donors (Lipinski definition) is 2. The van der Waals surface area contributed by atoms with Gasteiger partial charge in [-0.05, 0) is 66.7 Å². The minimum absolute atomic E-state index is 0.102. The lowest BCUT2D eigenvalue weighted by Gasteiger charge is -2.49. The van der Waals surface area contributed by atoms with Gasteiger partial charge >= 0.3 is 0 Å². The van der Waals surface area contributed by atoms with Gasteiger partial charge in [-0.25, -0.2) is 18.8 Å². The Bertz CT molecular complexity index is 1590. The molecule has 0 amide bonds. The van der Waals surface area contributed by atoms with Crippen LogP contribution in [-0.2, 0) is 13.0 Å². The summed E-state index contributed by atoms with van der Waals surface area (Å²) in [6, 6.07) is 7.83. The van der Waals surface area contributed by atoms with E-state index in [4.69, 9.17) is 9.73 Å². The Morgan fingerprint density at radius 2 is 1.93 bits per heavy atom. The molecule has 2 aliphatic rings. The molecule has 2 N–H and O–H groups in total. The van der Waals surface area contributed by atoms with Gasteiger partial charge in [-0.2, -0.15) is 0 Å². The Balaban J connectivity index is 1.42. The molecule has 8 nitrogen and oxygen atoms in total. The Morgan fingerprint density at radius 3 is 2.64 bits per heavy atom. The number of guanidine groups is 1. The molecule has 1 saturated heterocycles. The van der Waals surface area contributed by atoms with E-state index in [0.717, 1.165) is 26.1 Å². The minimum atomic E-state index is -0.550. The molecule has 0 radical (unpaired) electrons. The zero-order chi connectivity index (χ0) is 31.8. The summed E-state index contributed by atoms with van der Waals surface area (Å²) in [4.78, 5) is 25.2. The van der Waals surface area contributed by atoms with E-state index in [0.29, 0.717) is 40.5 Å². The fraction of sp³-hybridized carbons (Fsp3) is 0.559. The lowest BCUT2D eigenvalue weighted by Crippen LogP contribution is -2.54. The average Bonchev–Trinajstić information content (AvgIpc) is 2.99. The molecule has 1 aromatic heterocycles. The van der Waals surface area contributed by atoms with E-state index in [1.54, 1.807) is 18.2 Å². The predicted octanol–water partition coefficient (Wildman–Crippen LogP) is 5.69. The van der Waals surface area contributed by atoms with Crippen LogP contribution in [0.25, 0.3) is 10.9 Å². The van der Waals surface area contributed by atoms with Crippen LogP contribution in [0.2, 0.25) is 0 Å². The topological polar surface area (TPSA) is 83.8 Å². The number of anilines is 1. The second-order valence-electron chi connectivity index (χ2n) is 13.4. The van der Waals surface area contributed by atoms with Crippen LogP contribution < -0.4 is 20.9 Å². The smallest absolute Gasteiger partial charge is 0.261 e. The Kier molecular flexibility index (Phi) is 9.30. The lowest BCUT2D eigenvalue weighted by molar-refractivity contribution is 0.0266. The molecule has 238 valence electrons. The number of methoxy groups -OCH3 is 1. The van der Waals surface area contributed by atoms with Crippen molar-refractivity contribution in [2.75, 3.05) is 32.1 Å². The van der Waals surface area contributed by atoms with Gasteiger partial charge in [0, 0.05) is 38.3 Å². The summed E-state index contributed by atoms with van der Waals surface area (Å²) >= 11 is 0. The summed E-state index contributed by atoms with van der Waals surface area (Å²) < 4.78 is 36.6. The molecule has 0 unspecified atom stereocenters. The van der Waals surface area contributed by atoms with Crippen LogP contribution in [0, 0.1) is 34.8 Å². The van der Waals surface area contributed by atoms with Gasteiger partial charge in [0.05, 0.1) is 36.1 Å². The largest absolute Gasteiger partial charge is 0.497 e. The summed E-state index contributed by atoms with van der Waals surface area (Å²) in [5, 5.41) is 6.96. The first-order valence-corrected chi connectivity index (χ1v) is 15.7. The average molecular weight is 609 g/mol. The van der Waals surface area contributed by atoms with E-state index in [-0.39, 0.29) is 47.1 Å². The third-order valence-corrected chi connectivity index (χ3v) is 10.4. The Labute approximate surface area is 258 Å². The fourth-order valence-corrected chi connectivity index (χ4v) is 6.64. The molecule has 0 spiro atoms. The molecule has 0 bridgehead atoms. The fourth-order valence-electron chi connectivity index (χ4n) is 6.64. The van der Waals surface area contributed by atoms with Crippen LogP contribution in [0.3, 0.4) is 0 Å². The normalized spacial score (nSPS) is 25.7. The van der Waals surface area contributed by atoms with Gasteiger partial charge in [-0.1, -0.05) is 40.7 Å². The number of hydrogen-bond acceptors (Lipinski definition) is 5. The third-order valence-electron chi connectivity index (χ3n) is 10.4. The highest BCUT2D eigenvalue weighted by atomic mass is 19.1. The monoisotopic (exact) mass is 608 g/mol. The van der Waals surface area contributed by atoms with Crippen molar-refractivity contribution >= 4 is 22.5 Å². The first-order valence-electron chi connectivity index (χ1n) is 15.7. The predicted molar refractivity (Wildman–Crippen MR) is 172 cm³/mol. The molecule has 2 aromatic carbocycles. The maximum Gasteiger partial charge on any atom is 0.261 e. The van der Waals surface area contributed by atoms with E-state index < -0.39 is 11.6 Å². The number of ether oxygens (including phenoxy) is 1. The number of benzene rings is 2. The first-order chi connectivity index (χ1) is 20.9. The molecule has 2 heterocycles. The molecular formula is C34H46F2N6O2. The number of nitrogens with zero attached hydrogens (tertiary/aromatic N) is 4. The van der Waals surface area contributed by atoms with E-state index in [2.05, 4.69) is 62.1 Å². The number of piperazine rings is 1. The van der Waals surface area contributed by atoms with Crippen molar-refractivity contribution in [2.45, 2.75) is 73.0 Å². The molecule has 1 saturated carbocycles. The first kappa shape index (κ1) is 31.9. The van der Waals surface area contributed by atoms with Crippen molar-refractivity contribution in [3.05, 3.63) is 64.2 Å².